The van der Waals surface area contributed by atoms with E-state index >= 15 is 0 Å². The molecule has 0 saturated heterocycles. The molecule has 0 spiro atoms. The van der Waals surface area contributed by atoms with Crippen LogP contribution < -0.4 is 5.32 Å². The molecule has 0 aliphatic rings. The topological polar surface area (TPSA) is 54.9 Å². The minimum atomic E-state index is -0.270. The van der Waals surface area contributed by atoms with E-state index in [4.69, 9.17) is 11.6 Å². The number of hydrogen-bond donors (Lipinski definition) is 1. The summed E-state index contributed by atoms with van der Waals surface area (Å²) in [7, 11) is 0. The van der Waals surface area contributed by atoms with Gasteiger partial charge in [-0.3, -0.25) is 9.78 Å². The number of nitrogens with one attached hydrogen (secondary N) is 1. The number of aromatic nitrogens is 2. The number of anilines is 1. The zero-order valence-electron chi connectivity index (χ0n) is 9.45. The van der Waals surface area contributed by atoms with Gasteiger partial charge in [0.2, 0.25) is 0 Å². The van der Waals surface area contributed by atoms with Gasteiger partial charge in [-0.1, -0.05) is 11.6 Å². The normalized spacial score (nSPS) is 10.2. The standard InChI is InChI=1S/C12H9BrClN3O/c1-7-2-8(5-15-4-7)12(18)17-10-3-9(13)6-16-11(10)14/h2-6H,1H3,(H,17,18). The second kappa shape index (κ2) is 5.46. The Kier molecular flexibility index (Phi) is 3.93. The van der Waals surface area contributed by atoms with Crippen LogP contribution in [0.4, 0.5) is 5.69 Å². The van der Waals surface area contributed by atoms with Gasteiger partial charge in [-0.25, -0.2) is 4.98 Å². The van der Waals surface area contributed by atoms with Gasteiger partial charge in [0, 0.05) is 23.1 Å². The fourth-order valence-electron chi connectivity index (χ4n) is 1.38. The molecule has 0 fully saturated rings. The quantitative estimate of drug-likeness (QED) is 0.860. The summed E-state index contributed by atoms with van der Waals surface area (Å²) in [4.78, 5) is 19.9. The molecule has 18 heavy (non-hydrogen) atoms. The van der Waals surface area contributed by atoms with E-state index in [-0.39, 0.29) is 11.1 Å². The van der Waals surface area contributed by atoms with Crippen molar-refractivity contribution in [2.45, 2.75) is 6.92 Å². The highest BCUT2D eigenvalue weighted by Crippen LogP contribution is 2.23. The average Bonchev–Trinajstić information content (AvgIpc) is 2.34. The van der Waals surface area contributed by atoms with Gasteiger partial charge in [0.25, 0.3) is 5.91 Å². The zero-order valence-corrected chi connectivity index (χ0v) is 11.8. The fraction of sp³-hybridized carbons (Fsp3) is 0.0833. The highest BCUT2D eigenvalue weighted by atomic mass is 79.9. The first-order chi connectivity index (χ1) is 8.56. The third-order valence-electron chi connectivity index (χ3n) is 2.19. The molecule has 0 aliphatic carbocycles. The maximum absolute atomic E-state index is 12.0. The highest BCUT2D eigenvalue weighted by molar-refractivity contribution is 9.10. The molecule has 1 amide bonds. The molecule has 2 rings (SSSR count). The van der Waals surface area contributed by atoms with Gasteiger partial charge in [0.1, 0.15) is 0 Å². The van der Waals surface area contributed by atoms with Gasteiger partial charge in [-0.15, -0.1) is 0 Å². The molecule has 2 aromatic rings. The number of carbonyl (C=O) groups is 1. The molecule has 0 saturated carbocycles. The number of rotatable bonds is 2. The van der Waals surface area contributed by atoms with E-state index in [1.807, 2.05) is 6.92 Å². The van der Waals surface area contributed by atoms with E-state index in [1.165, 1.54) is 6.20 Å². The summed E-state index contributed by atoms with van der Waals surface area (Å²) in [6.45, 7) is 1.87. The number of halogens is 2. The van der Waals surface area contributed by atoms with Crippen molar-refractivity contribution in [2.24, 2.45) is 0 Å². The summed E-state index contributed by atoms with van der Waals surface area (Å²) in [6, 6.07) is 3.44. The second-order valence-electron chi connectivity index (χ2n) is 3.70. The van der Waals surface area contributed by atoms with Crippen molar-refractivity contribution in [3.8, 4) is 0 Å². The molecule has 0 radical (unpaired) electrons. The number of nitrogens with zero attached hydrogens (tertiary/aromatic N) is 2. The van der Waals surface area contributed by atoms with E-state index in [2.05, 4.69) is 31.2 Å². The van der Waals surface area contributed by atoms with Crippen molar-refractivity contribution in [1.82, 2.24) is 9.97 Å². The van der Waals surface area contributed by atoms with E-state index in [9.17, 15) is 4.79 Å². The SMILES string of the molecule is Cc1cncc(C(=O)Nc2cc(Br)cnc2Cl)c1. The second-order valence-corrected chi connectivity index (χ2v) is 4.97. The van der Waals surface area contributed by atoms with Crippen LogP contribution in [0.25, 0.3) is 0 Å². The van der Waals surface area contributed by atoms with Crippen LogP contribution in [0.2, 0.25) is 5.15 Å². The Labute approximate surface area is 118 Å². The molecule has 6 heteroatoms. The first-order valence-corrected chi connectivity index (χ1v) is 6.27. The molecule has 4 nitrogen and oxygen atoms in total. The highest BCUT2D eigenvalue weighted by Gasteiger charge is 2.10. The molecule has 1 N–H and O–H groups in total. The first kappa shape index (κ1) is 13.0. The Morgan fingerprint density at radius 1 is 1.33 bits per heavy atom. The van der Waals surface area contributed by atoms with Crippen molar-refractivity contribution in [1.29, 1.82) is 0 Å². The van der Waals surface area contributed by atoms with E-state index in [1.54, 1.807) is 24.5 Å². The minimum Gasteiger partial charge on any atom is -0.319 e. The minimum absolute atomic E-state index is 0.243. The van der Waals surface area contributed by atoms with Gasteiger partial charge >= 0.3 is 0 Å². The average molecular weight is 327 g/mol. The number of aryl methyl sites for hydroxylation is 1. The number of amides is 1. The maximum atomic E-state index is 12.0. The number of pyridine rings is 2. The van der Waals surface area contributed by atoms with Gasteiger partial charge in [0.05, 0.1) is 11.3 Å². The Morgan fingerprint density at radius 2 is 2.11 bits per heavy atom. The number of carbonyl (C=O) groups excluding carboxylic acids is 1. The summed E-state index contributed by atoms with van der Waals surface area (Å²) < 4.78 is 0.740. The molecule has 0 unspecified atom stereocenters. The summed E-state index contributed by atoms with van der Waals surface area (Å²) in [5, 5.41) is 2.93. The van der Waals surface area contributed by atoms with Gasteiger partial charge in [-0.05, 0) is 40.5 Å². The maximum Gasteiger partial charge on any atom is 0.257 e. The van der Waals surface area contributed by atoms with Crippen molar-refractivity contribution >= 4 is 39.1 Å². The van der Waals surface area contributed by atoms with E-state index in [0.717, 1.165) is 10.0 Å². The summed E-state index contributed by atoms with van der Waals surface area (Å²) in [6.07, 6.45) is 4.75. The van der Waals surface area contributed by atoms with E-state index < -0.39 is 0 Å². The van der Waals surface area contributed by atoms with Crippen LogP contribution in [0.3, 0.4) is 0 Å². The van der Waals surface area contributed by atoms with Crippen LogP contribution in [-0.4, -0.2) is 15.9 Å². The third kappa shape index (κ3) is 3.05. The molecule has 0 atom stereocenters. The molecule has 0 aromatic carbocycles. The Balaban J connectivity index is 2.24. The van der Waals surface area contributed by atoms with Crippen molar-refractivity contribution in [2.75, 3.05) is 5.32 Å². The van der Waals surface area contributed by atoms with Gasteiger partial charge in [0.15, 0.2) is 5.15 Å². The lowest BCUT2D eigenvalue weighted by Gasteiger charge is -2.07. The summed E-state index contributed by atoms with van der Waals surface area (Å²) in [5.74, 6) is -0.270. The lowest BCUT2D eigenvalue weighted by Crippen LogP contribution is -2.13. The largest absolute Gasteiger partial charge is 0.319 e. The summed E-state index contributed by atoms with van der Waals surface area (Å²) >= 11 is 9.17. The van der Waals surface area contributed by atoms with Crippen molar-refractivity contribution in [3.63, 3.8) is 0 Å². The molecule has 2 heterocycles. The van der Waals surface area contributed by atoms with Gasteiger partial charge < -0.3 is 5.32 Å². The Hall–Kier alpha value is -1.46. The number of hydrogen-bond acceptors (Lipinski definition) is 3. The Bertz CT molecular complexity index is 604. The molecular formula is C12H9BrClN3O. The van der Waals surface area contributed by atoms with Crippen LogP contribution >= 0.6 is 27.5 Å². The predicted octanol–water partition coefficient (Wildman–Crippen LogP) is 3.45. The molecule has 0 aliphatic heterocycles. The summed E-state index contributed by atoms with van der Waals surface area (Å²) in [5.41, 5.74) is 1.85. The third-order valence-corrected chi connectivity index (χ3v) is 2.93. The van der Waals surface area contributed by atoms with Crippen molar-refractivity contribution in [3.05, 3.63) is 51.5 Å². The van der Waals surface area contributed by atoms with Crippen LogP contribution in [0.1, 0.15) is 15.9 Å². The van der Waals surface area contributed by atoms with E-state index in [0.29, 0.717) is 11.3 Å². The Morgan fingerprint density at radius 3 is 2.83 bits per heavy atom. The molecule has 92 valence electrons. The van der Waals surface area contributed by atoms with Crippen molar-refractivity contribution < 1.29 is 4.79 Å². The molecule has 2 aromatic heterocycles. The molecule has 0 bridgehead atoms. The van der Waals surface area contributed by atoms with Crippen LogP contribution in [0.15, 0.2) is 35.2 Å². The molecular weight excluding hydrogens is 318 g/mol. The van der Waals surface area contributed by atoms with Crippen LogP contribution in [0, 0.1) is 6.92 Å². The fourth-order valence-corrected chi connectivity index (χ4v) is 1.87. The smallest absolute Gasteiger partial charge is 0.257 e. The lowest BCUT2D eigenvalue weighted by molar-refractivity contribution is 0.102. The van der Waals surface area contributed by atoms with Gasteiger partial charge in [-0.2, -0.15) is 0 Å². The predicted molar refractivity (Wildman–Crippen MR) is 73.9 cm³/mol. The lowest BCUT2D eigenvalue weighted by atomic mass is 10.2. The van der Waals surface area contributed by atoms with Crippen LogP contribution in [0.5, 0.6) is 0 Å². The monoisotopic (exact) mass is 325 g/mol. The first-order valence-electron chi connectivity index (χ1n) is 5.10. The zero-order chi connectivity index (χ0) is 13.1. The van der Waals surface area contributed by atoms with Crippen LogP contribution in [-0.2, 0) is 0 Å².